The van der Waals surface area contributed by atoms with Crippen LogP contribution in [0.1, 0.15) is 50.2 Å². The molecule has 2 aliphatic rings. The van der Waals surface area contributed by atoms with Crippen LogP contribution >= 0.6 is 0 Å². The van der Waals surface area contributed by atoms with Gasteiger partial charge in [-0.3, -0.25) is 9.69 Å². The van der Waals surface area contributed by atoms with Crippen LogP contribution < -0.4 is 9.64 Å². The number of aliphatic hydroxyl groups is 1. The van der Waals surface area contributed by atoms with E-state index in [9.17, 15) is 18.7 Å². The van der Waals surface area contributed by atoms with Crippen molar-refractivity contribution in [1.82, 2.24) is 4.90 Å². The molecule has 2 heterocycles. The van der Waals surface area contributed by atoms with Crippen LogP contribution in [0, 0.1) is 11.3 Å². The van der Waals surface area contributed by atoms with Crippen LogP contribution in [0.2, 0.25) is 0 Å². The van der Waals surface area contributed by atoms with Crippen molar-refractivity contribution in [3.63, 3.8) is 0 Å². The third-order valence-corrected chi connectivity index (χ3v) is 7.40. The molecule has 2 saturated heterocycles. The number of alkyl halides is 2. The van der Waals surface area contributed by atoms with Gasteiger partial charge in [0.1, 0.15) is 5.75 Å². The molecule has 34 heavy (non-hydrogen) atoms. The Labute approximate surface area is 200 Å². The fourth-order valence-electron chi connectivity index (χ4n) is 5.19. The smallest absolute Gasteiger partial charge is 0.387 e. The third kappa shape index (κ3) is 5.41. The zero-order valence-corrected chi connectivity index (χ0v) is 19.9. The largest absolute Gasteiger partial charge is 0.434 e. The summed E-state index contributed by atoms with van der Waals surface area (Å²) in [5.41, 5.74) is 2.05. The number of carbonyl (C=O) groups is 1. The molecule has 2 aliphatic heterocycles. The number of amides is 1. The Bertz CT molecular complexity index is 983. The molecule has 0 saturated carbocycles. The Balaban J connectivity index is 1.52. The van der Waals surface area contributed by atoms with Gasteiger partial charge in [-0.05, 0) is 48.8 Å². The molecule has 1 amide bonds. The number of piperidine rings is 1. The van der Waals surface area contributed by atoms with Gasteiger partial charge in [0.05, 0.1) is 5.92 Å². The zero-order valence-electron chi connectivity index (χ0n) is 19.9. The van der Waals surface area contributed by atoms with E-state index in [0.29, 0.717) is 36.7 Å². The van der Waals surface area contributed by atoms with Crippen molar-refractivity contribution in [2.45, 2.75) is 52.2 Å². The molecule has 184 valence electrons. The SMILES string of the molecule is CC(C)(CO)[C@H]1CCCN(Cc2ccc(N3CC[C@@H](c4ccccc4)C3=O)cc2OC(F)F)C1. The molecule has 0 unspecified atom stereocenters. The highest BCUT2D eigenvalue weighted by Crippen LogP contribution is 2.37. The summed E-state index contributed by atoms with van der Waals surface area (Å²) in [5.74, 6) is 0.210. The Morgan fingerprint density at radius 3 is 2.59 bits per heavy atom. The number of rotatable bonds is 8. The lowest BCUT2D eigenvalue weighted by atomic mass is 9.75. The molecule has 0 spiro atoms. The number of nitrogens with zero attached hydrogens (tertiary/aromatic N) is 2. The van der Waals surface area contributed by atoms with Gasteiger partial charge in [-0.25, -0.2) is 0 Å². The van der Waals surface area contributed by atoms with Crippen molar-refractivity contribution in [3.8, 4) is 5.75 Å². The summed E-state index contributed by atoms with van der Waals surface area (Å²) in [6.45, 7) is 4.01. The second kappa shape index (κ2) is 10.4. The van der Waals surface area contributed by atoms with Gasteiger partial charge in [0.25, 0.3) is 0 Å². The summed E-state index contributed by atoms with van der Waals surface area (Å²) < 4.78 is 31.4. The maximum atomic E-state index is 13.3. The summed E-state index contributed by atoms with van der Waals surface area (Å²) >= 11 is 0. The molecule has 2 aromatic rings. The highest BCUT2D eigenvalue weighted by molar-refractivity contribution is 6.00. The van der Waals surface area contributed by atoms with E-state index < -0.39 is 6.61 Å². The van der Waals surface area contributed by atoms with Crippen molar-refractivity contribution < 1.29 is 23.4 Å². The Hall–Kier alpha value is -2.51. The number of aliphatic hydroxyl groups excluding tert-OH is 1. The van der Waals surface area contributed by atoms with Crippen LogP contribution in [-0.4, -0.2) is 48.8 Å². The minimum atomic E-state index is -2.94. The van der Waals surface area contributed by atoms with Crippen molar-refractivity contribution in [2.75, 3.05) is 31.1 Å². The lowest BCUT2D eigenvalue weighted by molar-refractivity contribution is -0.118. The summed E-state index contributed by atoms with van der Waals surface area (Å²) in [6, 6.07) is 14.9. The first kappa shape index (κ1) is 24.6. The van der Waals surface area contributed by atoms with Crippen LogP contribution in [0.25, 0.3) is 0 Å². The van der Waals surface area contributed by atoms with Gasteiger partial charge >= 0.3 is 6.61 Å². The van der Waals surface area contributed by atoms with Crippen molar-refractivity contribution in [3.05, 3.63) is 59.7 Å². The molecular formula is C27H34F2N2O3. The van der Waals surface area contributed by atoms with Crippen molar-refractivity contribution >= 4 is 11.6 Å². The molecule has 1 N–H and O–H groups in total. The molecule has 0 aromatic heterocycles. The number of hydrogen-bond acceptors (Lipinski definition) is 4. The van der Waals surface area contributed by atoms with E-state index in [1.807, 2.05) is 36.4 Å². The second-order valence-electron chi connectivity index (χ2n) is 10.1. The fraction of sp³-hybridized carbons (Fsp3) is 0.519. The molecule has 0 bridgehead atoms. The Morgan fingerprint density at radius 1 is 1.12 bits per heavy atom. The number of halogens is 2. The normalized spacial score (nSPS) is 21.9. The molecule has 5 nitrogen and oxygen atoms in total. The van der Waals surface area contributed by atoms with E-state index in [1.165, 1.54) is 0 Å². The Kier molecular flexibility index (Phi) is 7.53. The zero-order chi connectivity index (χ0) is 24.3. The second-order valence-corrected chi connectivity index (χ2v) is 10.1. The van der Waals surface area contributed by atoms with E-state index in [2.05, 4.69) is 18.7 Å². The van der Waals surface area contributed by atoms with Gasteiger partial charge in [-0.1, -0.05) is 50.2 Å². The molecule has 0 radical (unpaired) electrons. The minimum Gasteiger partial charge on any atom is -0.434 e. The van der Waals surface area contributed by atoms with Gasteiger partial charge in [0.15, 0.2) is 0 Å². The first-order valence-corrected chi connectivity index (χ1v) is 12.1. The van der Waals surface area contributed by atoms with Crippen LogP contribution in [0.15, 0.2) is 48.5 Å². The van der Waals surface area contributed by atoms with Crippen LogP contribution in [0.3, 0.4) is 0 Å². The highest BCUT2D eigenvalue weighted by atomic mass is 19.3. The highest BCUT2D eigenvalue weighted by Gasteiger charge is 2.35. The van der Waals surface area contributed by atoms with Gasteiger partial charge in [0.2, 0.25) is 5.91 Å². The predicted molar refractivity (Wildman–Crippen MR) is 128 cm³/mol. The van der Waals surface area contributed by atoms with Gasteiger partial charge in [-0.15, -0.1) is 0 Å². The lowest BCUT2D eigenvalue weighted by Gasteiger charge is -2.40. The van der Waals surface area contributed by atoms with Crippen molar-refractivity contribution in [1.29, 1.82) is 0 Å². The average Bonchev–Trinajstić information content (AvgIpc) is 3.22. The molecule has 2 fully saturated rings. The number of carbonyl (C=O) groups excluding carboxylic acids is 1. The monoisotopic (exact) mass is 472 g/mol. The number of anilines is 1. The minimum absolute atomic E-state index is 0.0212. The number of hydrogen-bond donors (Lipinski definition) is 1. The first-order valence-electron chi connectivity index (χ1n) is 12.1. The predicted octanol–water partition coefficient (Wildman–Crippen LogP) is 5.04. The summed E-state index contributed by atoms with van der Waals surface area (Å²) in [4.78, 5) is 17.0. The number of ether oxygens (including phenoxy) is 1. The third-order valence-electron chi connectivity index (χ3n) is 7.40. The van der Waals surface area contributed by atoms with E-state index in [1.54, 1.807) is 17.0 Å². The van der Waals surface area contributed by atoms with E-state index in [0.717, 1.165) is 31.5 Å². The van der Waals surface area contributed by atoms with E-state index in [4.69, 9.17) is 4.74 Å². The molecule has 2 atom stereocenters. The van der Waals surface area contributed by atoms with Gasteiger partial charge in [-0.2, -0.15) is 8.78 Å². The summed E-state index contributed by atoms with van der Waals surface area (Å²) in [6.07, 6.45) is 2.73. The molecule has 2 aromatic carbocycles. The molecular weight excluding hydrogens is 438 g/mol. The standard InChI is InChI=1S/C27H34F2N2O3/c1-27(2,18-32)21-9-6-13-30(17-21)16-20-10-11-22(15-24(20)34-26(28)29)31-14-12-23(25(31)33)19-7-4-3-5-8-19/h3-5,7-8,10-11,15,21,23,26,32H,6,9,12-14,16-18H2,1-2H3/t21-,23-/m0/s1. The maximum Gasteiger partial charge on any atom is 0.387 e. The van der Waals surface area contributed by atoms with Gasteiger partial charge in [0, 0.05) is 43.6 Å². The fourth-order valence-corrected chi connectivity index (χ4v) is 5.19. The quantitative estimate of drug-likeness (QED) is 0.585. The summed E-state index contributed by atoms with van der Waals surface area (Å²) in [7, 11) is 0. The maximum absolute atomic E-state index is 13.3. The van der Waals surface area contributed by atoms with Crippen LogP contribution in [0.4, 0.5) is 14.5 Å². The molecule has 4 rings (SSSR count). The molecule has 0 aliphatic carbocycles. The van der Waals surface area contributed by atoms with E-state index >= 15 is 0 Å². The van der Waals surface area contributed by atoms with Crippen LogP contribution in [-0.2, 0) is 11.3 Å². The number of likely N-dealkylation sites (tertiary alicyclic amines) is 1. The first-order chi connectivity index (χ1) is 16.3. The van der Waals surface area contributed by atoms with E-state index in [-0.39, 0.29) is 29.6 Å². The lowest BCUT2D eigenvalue weighted by Crippen LogP contribution is -2.42. The topological polar surface area (TPSA) is 53.0 Å². The van der Waals surface area contributed by atoms with Gasteiger partial charge < -0.3 is 14.7 Å². The van der Waals surface area contributed by atoms with Crippen molar-refractivity contribution in [2.24, 2.45) is 11.3 Å². The average molecular weight is 473 g/mol. The summed E-state index contributed by atoms with van der Waals surface area (Å²) in [5, 5.41) is 9.76. The molecule has 7 heteroatoms. The Morgan fingerprint density at radius 2 is 1.88 bits per heavy atom. The number of benzene rings is 2. The van der Waals surface area contributed by atoms with Crippen LogP contribution in [0.5, 0.6) is 5.75 Å².